The summed E-state index contributed by atoms with van der Waals surface area (Å²) in [6, 6.07) is 4.84. The van der Waals surface area contributed by atoms with Crippen molar-refractivity contribution in [2.24, 2.45) is 5.73 Å². The van der Waals surface area contributed by atoms with Crippen LogP contribution in [0.5, 0.6) is 0 Å². The summed E-state index contributed by atoms with van der Waals surface area (Å²) in [5.74, 6) is -0.578. The number of nitrogens with two attached hydrogens (primary N) is 1. The molecule has 0 spiro atoms. The van der Waals surface area contributed by atoms with Gasteiger partial charge in [0.05, 0.1) is 22.4 Å². The molecule has 1 amide bonds. The Bertz CT molecular complexity index is 523. The van der Waals surface area contributed by atoms with Crippen molar-refractivity contribution in [3.8, 4) is 6.07 Å². The van der Waals surface area contributed by atoms with Crippen molar-refractivity contribution in [1.29, 1.82) is 5.26 Å². The number of hydrogen-bond donors (Lipinski definition) is 1. The van der Waals surface area contributed by atoms with Gasteiger partial charge in [0, 0.05) is 4.90 Å². The fourth-order valence-electron chi connectivity index (χ4n) is 1.44. The van der Waals surface area contributed by atoms with E-state index in [1.165, 1.54) is 12.1 Å². The zero-order valence-electron chi connectivity index (χ0n) is 9.99. The van der Waals surface area contributed by atoms with E-state index in [1.54, 1.807) is 6.92 Å². The van der Waals surface area contributed by atoms with E-state index in [0.29, 0.717) is 6.42 Å². The summed E-state index contributed by atoms with van der Waals surface area (Å²) in [4.78, 5) is 11.3. The summed E-state index contributed by atoms with van der Waals surface area (Å²) in [5, 5.41) is 8.07. The van der Waals surface area contributed by atoms with Crippen molar-refractivity contribution in [2.45, 2.75) is 29.7 Å². The second kappa shape index (κ2) is 5.97. The summed E-state index contributed by atoms with van der Waals surface area (Å²) in [5.41, 5.74) is 3.70. The maximum absolute atomic E-state index is 12.7. The van der Waals surface area contributed by atoms with Gasteiger partial charge in [-0.05, 0) is 24.6 Å². The first-order chi connectivity index (χ1) is 8.79. The number of carbonyl (C=O) groups excluding carboxylic acids is 1. The average Bonchev–Trinajstić information content (AvgIpc) is 2.34. The first-order valence-electron chi connectivity index (χ1n) is 5.37. The minimum atomic E-state index is -4.60. The summed E-state index contributed by atoms with van der Waals surface area (Å²) in [7, 11) is 0. The van der Waals surface area contributed by atoms with Gasteiger partial charge in [0.15, 0.2) is 0 Å². The van der Waals surface area contributed by atoms with Gasteiger partial charge in [0.25, 0.3) is 0 Å². The van der Waals surface area contributed by atoms with E-state index in [2.05, 4.69) is 0 Å². The van der Waals surface area contributed by atoms with Crippen molar-refractivity contribution >= 4 is 17.7 Å². The fraction of sp³-hybridized carbons (Fsp3) is 0.333. The largest absolute Gasteiger partial charge is 0.417 e. The number of nitriles is 1. The number of halogens is 3. The molecular formula is C12H11F3N2OS. The molecule has 1 atom stereocenters. The highest BCUT2D eigenvalue weighted by molar-refractivity contribution is 8.00. The maximum atomic E-state index is 12.7. The standard InChI is InChI=1S/C12H11F3N2OS/c1-2-10(11(17)18)19-8-4-3-7(6-16)9(5-8)12(13,14)15/h3-5,10H,2H2,1H3,(H2,17,18). The molecule has 0 saturated carbocycles. The number of rotatable bonds is 4. The smallest absolute Gasteiger partial charge is 0.369 e. The zero-order chi connectivity index (χ0) is 14.6. The molecule has 0 heterocycles. The third-order valence-corrected chi connectivity index (χ3v) is 3.76. The van der Waals surface area contributed by atoms with Crippen LogP contribution in [-0.2, 0) is 11.0 Å². The lowest BCUT2D eigenvalue weighted by Crippen LogP contribution is -2.24. The van der Waals surface area contributed by atoms with Crippen LogP contribution in [0, 0.1) is 11.3 Å². The topological polar surface area (TPSA) is 66.9 Å². The Hall–Kier alpha value is -1.68. The number of benzene rings is 1. The predicted molar refractivity (Wildman–Crippen MR) is 65.3 cm³/mol. The monoisotopic (exact) mass is 288 g/mol. The Labute approximate surface area is 112 Å². The Morgan fingerprint density at radius 2 is 2.16 bits per heavy atom. The highest BCUT2D eigenvalue weighted by Gasteiger charge is 2.34. The zero-order valence-corrected chi connectivity index (χ0v) is 10.8. The van der Waals surface area contributed by atoms with E-state index in [4.69, 9.17) is 11.0 Å². The van der Waals surface area contributed by atoms with Gasteiger partial charge in [-0.1, -0.05) is 6.92 Å². The number of thioether (sulfide) groups is 1. The van der Waals surface area contributed by atoms with E-state index in [0.717, 1.165) is 23.9 Å². The molecule has 0 aromatic heterocycles. The van der Waals surface area contributed by atoms with Crippen LogP contribution in [-0.4, -0.2) is 11.2 Å². The molecule has 0 aliphatic rings. The predicted octanol–water partition coefficient (Wildman–Crippen LogP) is 2.93. The van der Waals surface area contributed by atoms with Crippen LogP contribution < -0.4 is 5.73 Å². The van der Waals surface area contributed by atoms with Gasteiger partial charge in [-0.3, -0.25) is 4.79 Å². The highest BCUT2D eigenvalue weighted by atomic mass is 32.2. The first-order valence-corrected chi connectivity index (χ1v) is 6.24. The molecule has 0 bridgehead atoms. The molecule has 7 heteroatoms. The molecule has 2 N–H and O–H groups in total. The number of primary amides is 1. The number of carbonyl (C=O) groups is 1. The van der Waals surface area contributed by atoms with E-state index in [9.17, 15) is 18.0 Å². The van der Waals surface area contributed by atoms with Gasteiger partial charge in [-0.25, -0.2) is 0 Å². The van der Waals surface area contributed by atoms with E-state index >= 15 is 0 Å². The second-order valence-corrected chi connectivity index (χ2v) is 5.01. The normalized spacial score (nSPS) is 12.8. The fourth-order valence-corrected chi connectivity index (χ4v) is 2.38. The van der Waals surface area contributed by atoms with Crippen LogP contribution >= 0.6 is 11.8 Å². The third kappa shape index (κ3) is 3.89. The van der Waals surface area contributed by atoms with Gasteiger partial charge >= 0.3 is 6.18 Å². The van der Waals surface area contributed by atoms with Crippen molar-refractivity contribution < 1.29 is 18.0 Å². The van der Waals surface area contributed by atoms with Crippen LogP contribution in [0.15, 0.2) is 23.1 Å². The number of amides is 1. The molecule has 1 aromatic carbocycles. The lowest BCUT2D eigenvalue weighted by molar-refractivity contribution is -0.137. The summed E-state index contributed by atoms with van der Waals surface area (Å²) in [6.45, 7) is 1.72. The number of alkyl halides is 3. The average molecular weight is 288 g/mol. The Morgan fingerprint density at radius 3 is 2.58 bits per heavy atom. The van der Waals surface area contributed by atoms with Crippen LogP contribution in [0.3, 0.4) is 0 Å². The molecule has 0 fully saturated rings. The minimum Gasteiger partial charge on any atom is -0.369 e. The number of hydrogen-bond acceptors (Lipinski definition) is 3. The van der Waals surface area contributed by atoms with Gasteiger partial charge in [-0.2, -0.15) is 18.4 Å². The van der Waals surface area contributed by atoms with Crippen LogP contribution in [0.4, 0.5) is 13.2 Å². The van der Waals surface area contributed by atoms with E-state index in [1.807, 2.05) is 0 Å². The van der Waals surface area contributed by atoms with Gasteiger partial charge in [0.2, 0.25) is 5.91 Å². The van der Waals surface area contributed by atoms with Crippen LogP contribution in [0.25, 0.3) is 0 Å². The van der Waals surface area contributed by atoms with E-state index in [-0.39, 0.29) is 4.90 Å². The van der Waals surface area contributed by atoms with E-state index < -0.39 is 28.5 Å². The molecule has 19 heavy (non-hydrogen) atoms. The van der Waals surface area contributed by atoms with Gasteiger partial charge in [-0.15, -0.1) is 11.8 Å². The van der Waals surface area contributed by atoms with Crippen molar-refractivity contribution in [3.05, 3.63) is 29.3 Å². The summed E-state index contributed by atoms with van der Waals surface area (Å²) < 4.78 is 38.2. The molecule has 0 radical (unpaired) electrons. The molecule has 1 unspecified atom stereocenters. The Kier molecular flexibility index (Phi) is 4.84. The molecule has 1 rings (SSSR count). The molecule has 1 aromatic rings. The second-order valence-electron chi connectivity index (χ2n) is 3.73. The molecule has 3 nitrogen and oxygen atoms in total. The highest BCUT2D eigenvalue weighted by Crippen LogP contribution is 2.35. The maximum Gasteiger partial charge on any atom is 0.417 e. The number of nitrogens with zero attached hydrogens (tertiary/aromatic N) is 1. The summed E-state index contributed by atoms with van der Waals surface area (Å²) >= 11 is 0.962. The minimum absolute atomic E-state index is 0.261. The summed E-state index contributed by atoms with van der Waals surface area (Å²) in [6.07, 6.45) is -4.18. The first kappa shape index (κ1) is 15.4. The van der Waals surface area contributed by atoms with Crippen LogP contribution in [0.2, 0.25) is 0 Å². The van der Waals surface area contributed by atoms with Crippen LogP contribution in [0.1, 0.15) is 24.5 Å². The molecule has 0 aliphatic carbocycles. The van der Waals surface area contributed by atoms with Crippen molar-refractivity contribution in [1.82, 2.24) is 0 Å². The quantitative estimate of drug-likeness (QED) is 0.866. The van der Waals surface area contributed by atoms with Gasteiger partial charge < -0.3 is 5.73 Å². The Balaban J connectivity index is 3.13. The molecular weight excluding hydrogens is 277 g/mol. The van der Waals surface area contributed by atoms with Crippen molar-refractivity contribution in [3.63, 3.8) is 0 Å². The molecule has 0 aliphatic heterocycles. The Morgan fingerprint density at radius 1 is 1.53 bits per heavy atom. The third-order valence-electron chi connectivity index (χ3n) is 2.38. The molecule has 0 saturated heterocycles. The lowest BCUT2D eigenvalue weighted by Gasteiger charge is -2.13. The molecule has 102 valence electrons. The SMILES string of the molecule is CCC(Sc1ccc(C#N)c(C(F)(F)F)c1)C(N)=O. The lowest BCUT2D eigenvalue weighted by atomic mass is 10.1. The van der Waals surface area contributed by atoms with Gasteiger partial charge in [0.1, 0.15) is 0 Å². The van der Waals surface area contributed by atoms with Crippen molar-refractivity contribution in [2.75, 3.05) is 0 Å².